The molecule has 2 aromatic heterocycles. The first-order valence-electron chi connectivity index (χ1n) is 10.6. The molecule has 3 heterocycles. The van der Waals surface area contributed by atoms with Gasteiger partial charge in [-0.15, -0.1) is 0 Å². The Hall–Kier alpha value is -3.59. The number of pyridine rings is 1. The van der Waals surface area contributed by atoms with Crippen LogP contribution in [0.4, 0.5) is 17.2 Å². The van der Waals surface area contributed by atoms with Crippen molar-refractivity contribution in [1.29, 1.82) is 0 Å². The third-order valence-electron chi connectivity index (χ3n) is 4.98. The molecule has 1 aliphatic rings. The van der Waals surface area contributed by atoms with Gasteiger partial charge in [-0.25, -0.2) is 4.98 Å². The Morgan fingerprint density at radius 1 is 1.12 bits per heavy atom. The van der Waals surface area contributed by atoms with Gasteiger partial charge in [-0.1, -0.05) is 12.1 Å². The molecule has 0 radical (unpaired) electrons. The first-order valence-corrected chi connectivity index (χ1v) is 10.6. The minimum atomic E-state index is 0.224. The molecule has 0 spiro atoms. The summed E-state index contributed by atoms with van der Waals surface area (Å²) in [7, 11) is 0. The van der Waals surface area contributed by atoms with Gasteiger partial charge in [-0.2, -0.15) is 15.2 Å². The van der Waals surface area contributed by atoms with Crippen molar-refractivity contribution >= 4 is 17.2 Å². The average Bonchev–Trinajstić information content (AvgIpc) is 2.82. The number of ether oxygens (including phenoxy) is 2. The van der Waals surface area contributed by atoms with Crippen molar-refractivity contribution in [2.24, 2.45) is 10.2 Å². The van der Waals surface area contributed by atoms with E-state index in [1.165, 1.54) is 0 Å². The summed E-state index contributed by atoms with van der Waals surface area (Å²) in [6, 6.07) is 13.4. The Morgan fingerprint density at radius 2 is 2.00 bits per heavy atom. The summed E-state index contributed by atoms with van der Waals surface area (Å²) in [6.45, 7) is 5.56. The highest BCUT2D eigenvalue weighted by molar-refractivity contribution is 5.62. The Bertz CT molecular complexity index is 1050. The van der Waals surface area contributed by atoms with Crippen molar-refractivity contribution in [3.8, 4) is 5.88 Å². The van der Waals surface area contributed by atoms with Crippen LogP contribution in [-0.4, -0.2) is 47.9 Å². The highest BCUT2D eigenvalue weighted by Crippen LogP contribution is 2.24. The van der Waals surface area contributed by atoms with E-state index in [9.17, 15) is 0 Å². The van der Waals surface area contributed by atoms with Crippen LogP contribution in [-0.2, 0) is 17.7 Å². The van der Waals surface area contributed by atoms with E-state index < -0.39 is 0 Å². The molecule has 0 amide bonds. The second-order valence-electron chi connectivity index (χ2n) is 7.46. The van der Waals surface area contributed by atoms with Gasteiger partial charge in [0.2, 0.25) is 5.88 Å². The van der Waals surface area contributed by atoms with Crippen molar-refractivity contribution in [3.63, 3.8) is 0 Å². The summed E-state index contributed by atoms with van der Waals surface area (Å²) < 4.78 is 11.4. The summed E-state index contributed by atoms with van der Waals surface area (Å²) in [5, 5.41) is 8.55. The van der Waals surface area contributed by atoms with Gasteiger partial charge < -0.3 is 20.1 Å². The van der Waals surface area contributed by atoms with Crippen molar-refractivity contribution < 1.29 is 9.47 Å². The number of morpholine rings is 1. The fourth-order valence-corrected chi connectivity index (χ4v) is 3.28. The summed E-state index contributed by atoms with van der Waals surface area (Å²) in [5.41, 5.74) is 9.26. The number of aryl methyl sites for hydroxylation is 1. The molecule has 32 heavy (non-hydrogen) atoms. The lowest BCUT2D eigenvalue weighted by Gasteiger charge is -2.28. The quantitative estimate of drug-likeness (QED) is 0.427. The highest BCUT2D eigenvalue weighted by atomic mass is 16.5. The number of benzene rings is 1. The first kappa shape index (κ1) is 21.6. The zero-order chi connectivity index (χ0) is 22.2. The largest absolute Gasteiger partial charge is 0.477 e. The predicted octanol–water partition coefficient (Wildman–Crippen LogP) is 3.50. The Morgan fingerprint density at radius 3 is 2.81 bits per heavy atom. The lowest BCUT2D eigenvalue weighted by Crippen LogP contribution is -2.37. The maximum atomic E-state index is 5.99. The number of nitrogens with zero attached hydrogens (tertiary/aromatic N) is 6. The summed E-state index contributed by atoms with van der Waals surface area (Å²) in [4.78, 5) is 15.7. The van der Waals surface area contributed by atoms with E-state index in [0.717, 1.165) is 30.2 Å². The molecule has 9 heteroatoms. The van der Waals surface area contributed by atoms with Crippen LogP contribution in [0.3, 0.4) is 0 Å². The minimum Gasteiger partial charge on any atom is -0.477 e. The van der Waals surface area contributed by atoms with Crippen LogP contribution in [0.5, 0.6) is 5.88 Å². The zero-order valence-electron chi connectivity index (χ0n) is 18.1. The molecule has 0 atom stereocenters. The predicted molar refractivity (Wildman–Crippen MR) is 122 cm³/mol. The van der Waals surface area contributed by atoms with Gasteiger partial charge in [0.15, 0.2) is 5.82 Å². The van der Waals surface area contributed by atoms with E-state index in [2.05, 4.69) is 30.1 Å². The van der Waals surface area contributed by atoms with Gasteiger partial charge in [0.05, 0.1) is 25.5 Å². The molecule has 1 fully saturated rings. The second-order valence-corrected chi connectivity index (χ2v) is 7.46. The molecule has 1 saturated heterocycles. The maximum absolute atomic E-state index is 5.99. The van der Waals surface area contributed by atoms with E-state index in [0.29, 0.717) is 49.3 Å². The van der Waals surface area contributed by atoms with E-state index in [4.69, 9.17) is 15.2 Å². The third kappa shape index (κ3) is 5.98. The molecular formula is C23H27N7O2. The third-order valence-corrected chi connectivity index (χ3v) is 4.98. The first-order chi connectivity index (χ1) is 15.7. The van der Waals surface area contributed by atoms with E-state index >= 15 is 0 Å². The average molecular weight is 434 g/mol. The molecule has 1 aliphatic heterocycles. The zero-order valence-corrected chi connectivity index (χ0v) is 18.1. The van der Waals surface area contributed by atoms with Crippen molar-refractivity contribution in [2.45, 2.75) is 19.9 Å². The lowest BCUT2D eigenvalue weighted by atomic mass is 10.2. The van der Waals surface area contributed by atoms with Gasteiger partial charge in [-0.05, 0) is 36.8 Å². The number of hydrogen-bond acceptors (Lipinski definition) is 9. The molecule has 0 aliphatic carbocycles. The van der Waals surface area contributed by atoms with Crippen LogP contribution in [0, 0.1) is 6.92 Å². The van der Waals surface area contributed by atoms with Crippen molar-refractivity contribution in [3.05, 3.63) is 65.7 Å². The van der Waals surface area contributed by atoms with Gasteiger partial charge in [-0.3, -0.25) is 4.98 Å². The van der Waals surface area contributed by atoms with Crippen LogP contribution >= 0.6 is 0 Å². The van der Waals surface area contributed by atoms with Crippen LogP contribution in [0.15, 0.2) is 58.9 Å². The Kier molecular flexibility index (Phi) is 7.19. The van der Waals surface area contributed by atoms with E-state index in [1.807, 2.05) is 49.4 Å². The lowest BCUT2D eigenvalue weighted by molar-refractivity contribution is 0.122. The Labute approximate surface area is 187 Å². The SMILES string of the molecule is Cc1ccc(N)c(N=NCc2nc(OCCc3ccccn3)cc(N3CCOCC3)n2)c1. The highest BCUT2D eigenvalue weighted by Gasteiger charge is 2.15. The number of nitrogens with two attached hydrogens (primary N) is 1. The van der Waals surface area contributed by atoms with E-state index in [1.54, 1.807) is 6.20 Å². The monoisotopic (exact) mass is 433 g/mol. The molecule has 0 unspecified atom stereocenters. The topological polar surface area (TPSA) is 111 Å². The van der Waals surface area contributed by atoms with Crippen LogP contribution in [0.1, 0.15) is 17.1 Å². The van der Waals surface area contributed by atoms with Gasteiger partial charge >= 0.3 is 0 Å². The molecule has 9 nitrogen and oxygen atoms in total. The fourth-order valence-electron chi connectivity index (χ4n) is 3.28. The molecular weight excluding hydrogens is 406 g/mol. The number of nitrogen functional groups attached to an aromatic ring is 1. The summed E-state index contributed by atoms with van der Waals surface area (Å²) >= 11 is 0. The number of rotatable bonds is 8. The molecule has 2 N–H and O–H groups in total. The number of aromatic nitrogens is 3. The summed E-state index contributed by atoms with van der Waals surface area (Å²) in [5.74, 6) is 1.85. The molecule has 166 valence electrons. The maximum Gasteiger partial charge on any atom is 0.218 e. The number of azo groups is 1. The Balaban J connectivity index is 1.48. The standard InChI is InChI=1S/C23H27N7O2/c1-17-5-6-19(24)20(14-17)29-26-16-21-27-22(30-9-12-31-13-10-30)15-23(28-21)32-11-7-18-4-2-3-8-25-18/h2-6,8,14-15H,7,9-13,16,24H2,1H3. The second kappa shape index (κ2) is 10.6. The molecule has 4 rings (SSSR count). The van der Waals surface area contributed by atoms with Crippen molar-refractivity contribution in [2.75, 3.05) is 43.5 Å². The minimum absolute atomic E-state index is 0.224. The number of anilines is 2. The summed E-state index contributed by atoms with van der Waals surface area (Å²) in [6.07, 6.45) is 2.47. The van der Waals surface area contributed by atoms with E-state index in [-0.39, 0.29) is 6.54 Å². The molecule has 3 aromatic rings. The van der Waals surface area contributed by atoms with Crippen LogP contribution in [0.2, 0.25) is 0 Å². The molecule has 0 saturated carbocycles. The number of hydrogen-bond donors (Lipinski definition) is 1. The normalized spacial score (nSPS) is 14.1. The van der Waals surface area contributed by atoms with Crippen LogP contribution in [0.25, 0.3) is 0 Å². The van der Waals surface area contributed by atoms with Crippen molar-refractivity contribution in [1.82, 2.24) is 15.0 Å². The molecule has 0 bridgehead atoms. The molecule has 1 aromatic carbocycles. The van der Waals surface area contributed by atoms with Crippen LogP contribution < -0.4 is 15.4 Å². The van der Waals surface area contributed by atoms with Gasteiger partial charge in [0.25, 0.3) is 0 Å². The van der Waals surface area contributed by atoms with Gasteiger partial charge in [0.1, 0.15) is 18.1 Å². The van der Waals surface area contributed by atoms with Gasteiger partial charge in [0, 0.05) is 37.5 Å². The smallest absolute Gasteiger partial charge is 0.218 e. The fraction of sp³-hybridized carbons (Fsp3) is 0.348.